The number of hydrogen-bond acceptors (Lipinski definition) is 5. The number of anilines is 2. The highest BCUT2D eigenvalue weighted by molar-refractivity contribution is 7.92. The van der Waals surface area contributed by atoms with Gasteiger partial charge >= 0.3 is 0 Å². The first-order valence-electron chi connectivity index (χ1n) is 10.1. The van der Waals surface area contributed by atoms with Crippen LogP contribution >= 0.6 is 0 Å². The molecule has 1 N–H and O–H groups in total. The second-order valence-electron chi connectivity index (χ2n) is 6.97. The molecule has 0 bridgehead atoms. The molecule has 7 nitrogen and oxygen atoms in total. The van der Waals surface area contributed by atoms with E-state index in [1.807, 2.05) is 13.8 Å². The fraction of sp³-hybridized carbons (Fsp3) is 0.208. The number of benzene rings is 3. The minimum absolute atomic E-state index is 0.0829. The summed E-state index contributed by atoms with van der Waals surface area (Å²) in [6.45, 7) is 3.59. The molecule has 8 heteroatoms. The van der Waals surface area contributed by atoms with Gasteiger partial charge in [-0.25, -0.2) is 8.42 Å². The van der Waals surface area contributed by atoms with Crippen LogP contribution in [0.5, 0.6) is 11.5 Å². The third-order valence-electron chi connectivity index (χ3n) is 4.71. The normalized spacial score (nSPS) is 11.0. The average molecular weight is 455 g/mol. The van der Waals surface area contributed by atoms with E-state index in [4.69, 9.17) is 9.47 Å². The number of sulfonamides is 1. The van der Waals surface area contributed by atoms with E-state index in [2.05, 4.69) is 5.32 Å². The van der Waals surface area contributed by atoms with Gasteiger partial charge in [-0.05, 0) is 50.2 Å². The molecule has 3 aromatic rings. The number of ether oxygens (including phenoxy) is 2. The number of aryl methyl sites for hydroxylation is 1. The van der Waals surface area contributed by atoms with E-state index in [9.17, 15) is 13.2 Å². The predicted molar refractivity (Wildman–Crippen MR) is 125 cm³/mol. The van der Waals surface area contributed by atoms with Gasteiger partial charge < -0.3 is 14.8 Å². The second-order valence-corrected chi connectivity index (χ2v) is 8.84. The maximum atomic E-state index is 13.6. The molecule has 0 aliphatic rings. The predicted octanol–water partition coefficient (Wildman–Crippen LogP) is 4.24. The zero-order valence-corrected chi connectivity index (χ0v) is 19.1. The van der Waals surface area contributed by atoms with Gasteiger partial charge in [0.15, 0.2) is 0 Å². The molecule has 1 amide bonds. The molecule has 32 heavy (non-hydrogen) atoms. The number of rotatable bonds is 9. The minimum Gasteiger partial charge on any atom is -0.495 e. The molecule has 0 spiro atoms. The summed E-state index contributed by atoms with van der Waals surface area (Å²) in [5.41, 5.74) is 1.66. The summed E-state index contributed by atoms with van der Waals surface area (Å²) in [6.07, 6.45) is 0. The van der Waals surface area contributed by atoms with Crippen molar-refractivity contribution in [2.45, 2.75) is 18.7 Å². The Morgan fingerprint density at radius 1 is 0.938 bits per heavy atom. The molecule has 0 aromatic heterocycles. The number of methoxy groups -OCH3 is 1. The fourth-order valence-corrected chi connectivity index (χ4v) is 4.58. The van der Waals surface area contributed by atoms with Crippen molar-refractivity contribution in [2.24, 2.45) is 0 Å². The third-order valence-corrected chi connectivity index (χ3v) is 6.49. The smallest absolute Gasteiger partial charge is 0.264 e. The Balaban J connectivity index is 2.01. The van der Waals surface area contributed by atoms with E-state index in [0.717, 1.165) is 9.87 Å². The Bertz CT molecular complexity index is 1180. The van der Waals surface area contributed by atoms with Gasteiger partial charge in [0, 0.05) is 0 Å². The molecule has 0 unspecified atom stereocenters. The summed E-state index contributed by atoms with van der Waals surface area (Å²) < 4.78 is 39.1. The van der Waals surface area contributed by atoms with Gasteiger partial charge in [0.25, 0.3) is 10.0 Å². The largest absolute Gasteiger partial charge is 0.495 e. The highest BCUT2D eigenvalue weighted by Crippen LogP contribution is 2.33. The Hall–Kier alpha value is -3.52. The molecular weight excluding hydrogens is 428 g/mol. The van der Waals surface area contributed by atoms with Crippen molar-refractivity contribution in [2.75, 3.05) is 29.9 Å². The van der Waals surface area contributed by atoms with Crippen molar-refractivity contribution in [3.63, 3.8) is 0 Å². The molecule has 3 aromatic carbocycles. The van der Waals surface area contributed by atoms with Crippen molar-refractivity contribution in [1.82, 2.24) is 0 Å². The van der Waals surface area contributed by atoms with Crippen molar-refractivity contribution < 1.29 is 22.7 Å². The molecule has 3 rings (SSSR count). The Morgan fingerprint density at radius 2 is 1.56 bits per heavy atom. The quantitative estimate of drug-likeness (QED) is 0.523. The van der Waals surface area contributed by atoms with Crippen molar-refractivity contribution in [3.05, 3.63) is 78.4 Å². The fourth-order valence-electron chi connectivity index (χ4n) is 3.15. The molecule has 168 valence electrons. The second kappa shape index (κ2) is 10.2. The maximum absolute atomic E-state index is 13.6. The summed E-state index contributed by atoms with van der Waals surface area (Å²) in [7, 11) is -2.56. The zero-order valence-electron chi connectivity index (χ0n) is 18.2. The number of carbonyl (C=O) groups is 1. The van der Waals surface area contributed by atoms with E-state index in [1.54, 1.807) is 60.7 Å². The van der Waals surface area contributed by atoms with Crippen LogP contribution in [-0.4, -0.2) is 34.6 Å². The lowest BCUT2D eigenvalue weighted by Gasteiger charge is -2.26. The standard InChI is InChI=1S/C24H26N2O5S/c1-4-31-23-12-8-6-10-21(23)26(32(28,29)19-15-13-18(2)14-16-19)17-24(27)25-20-9-5-7-11-22(20)30-3/h5-16H,4,17H2,1-3H3,(H,25,27). The first-order chi connectivity index (χ1) is 15.4. The van der Waals surface area contributed by atoms with Gasteiger partial charge in [0.1, 0.15) is 18.0 Å². The first-order valence-corrected chi connectivity index (χ1v) is 11.5. The topological polar surface area (TPSA) is 84.9 Å². The van der Waals surface area contributed by atoms with E-state index in [1.165, 1.54) is 19.2 Å². The Labute approximate surface area is 188 Å². The van der Waals surface area contributed by atoms with E-state index in [-0.39, 0.29) is 10.6 Å². The lowest BCUT2D eigenvalue weighted by Crippen LogP contribution is -2.38. The van der Waals surface area contributed by atoms with Gasteiger partial charge in [-0.3, -0.25) is 9.10 Å². The minimum atomic E-state index is -4.05. The van der Waals surface area contributed by atoms with Crippen LogP contribution in [0, 0.1) is 6.92 Å². The molecule has 0 atom stereocenters. The van der Waals surface area contributed by atoms with Gasteiger partial charge in [-0.1, -0.05) is 42.0 Å². The number of carbonyl (C=O) groups excluding carboxylic acids is 1. The summed E-state index contributed by atoms with van der Waals surface area (Å²) >= 11 is 0. The highest BCUT2D eigenvalue weighted by atomic mass is 32.2. The molecule has 0 fully saturated rings. The monoisotopic (exact) mass is 454 g/mol. The van der Waals surface area contributed by atoms with Crippen LogP contribution < -0.4 is 19.1 Å². The van der Waals surface area contributed by atoms with Crippen LogP contribution in [0.3, 0.4) is 0 Å². The molecule has 0 heterocycles. The van der Waals surface area contributed by atoms with Crippen LogP contribution in [0.1, 0.15) is 12.5 Å². The number of para-hydroxylation sites is 4. The zero-order chi connectivity index (χ0) is 23.1. The summed E-state index contributed by atoms with van der Waals surface area (Å²) in [6, 6.07) is 20.2. The number of nitrogens with zero attached hydrogens (tertiary/aromatic N) is 1. The SMILES string of the molecule is CCOc1ccccc1N(CC(=O)Nc1ccccc1OC)S(=O)(=O)c1ccc(C)cc1. The van der Waals surface area contributed by atoms with Gasteiger partial charge in [0.2, 0.25) is 5.91 Å². The van der Waals surface area contributed by atoms with E-state index in [0.29, 0.717) is 23.8 Å². The average Bonchev–Trinajstić information content (AvgIpc) is 2.79. The van der Waals surface area contributed by atoms with Crippen molar-refractivity contribution in [3.8, 4) is 11.5 Å². The molecule has 0 saturated heterocycles. The third kappa shape index (κ3) is 5.20. The van der Waals surface area contributed by atoms with E-state index < -0.39 is 22.5 Å². The number of hydrogen-bond donors (Lipinski definition) is 1. The molecular formula is C24H26N2O5S. The van der Waals surface area contributed by atoms with Crippen molar-refractivity contribution >= 4 is 27.3 Å². The lowest BCUT2D eigenvalue weighted by atomic mass is 10.2. The number of amides is 1. The first kappa shape index (κ1) is 23.1. The summed E-state index contributed by atoms with van der Waals surface area (Å²) in [5.74, 6) is 0.329. The molecule has 0 aliphatic carbocycles. The van der Waals surface area contributed by atoms with Crippen molar-refractivity contribution in [1.29, 1.82) is 0 Å². The Kier molecular flexibility index (Phi) is 7.37. The van der Waals surface area contributed by atoms with E-state index >= 15 is 0 Å². The van der Waals surface area contributed by atoms with Gasteiger partial charge in [-0.15, -0.1) is 0 Å². The summed E-state index contributed by atoms with van der Waals surface area (Å²) in [5, 5.41) is 2.73. The molecule has 0 radical (unpaired) electrons. The Morgan fingerprint density at radius 3 is 2.22 bits per heavy atom. The summed E-state index contributed by atoms with van der Waals surface area (Å²) in [4.78, 5) is 13.0. The van der Waals surface area contributed by atoms with Gasteiger partial charge in [-0.2, -0.15) is 0 Å². The van der Waals surface area contributed by atoms with Crippen LogP contribution in [0.2, 0.25) is 0 Å². The maximum Gasteiger partial charge on any atom is 0.264 e. The van der Waals surface area contributed by atoms with Crippen LogP contribution in [0.15, 0.2) is 77.7 Å². The van der Waals surface area contributed by atoms with Gasteiger partial charge in [0.05, 0.1) is 30.0 Å². The molecule has 0 aliphatic heterocycles. The highest BCUT2D eigenvalue weighted by Gasteiger charge is 2.29. The van der Waals surface area contributed by atoms with Crippen LogP contribution in [0.4, 0.5) is 11.4 Å². The molecule has 0 saturated carbocycles. The number of nitrogens with one attached hydrogen (secondary N) is 1. The van der Waals surface area contributed by atoms with Crippen LogP contribution in [0.25, 0.3) is 0 Å². The lowest BCUT2D eigenvalue weighted by molar-refractivity contribution is -0.114. The van der Waals surface area contributed by atoms with Crippen LogP contribution in [-0.2, 0) is 14.8 Å².